The Morgan fingerprint density at radius 2 is 1.65 bits per heavy atom. The fourth-order valence-corrected chi connectivity index (χ4v) is 8.37. The summed E-state index contributed by atoms with van der Waals surface area (Å²) in [5.74, 6) is -6.81. The van der Waals surface area contributed by atoms with Gasteiger partial charge in [0.05, 0.1) is 47.0 Å². The van der Waals surface area contributed by atoms with Gasteiger partial charge in [0.25, 0.3) is 0 Å². The van der Waals surface area contributed by atoms with Gasteiger partial charge in [-0.25, -0.2) is 9.59 Å². The van der Waals surface area contributed by atoms with Crippen molar-refractivity contribution in [3.8, 4) is 23.0 Å². The normalized spacial score (nSPS) is 29.4. The first kappa shape index (κ1) is 46.6. The van der Waals surface area contributed by atoms with Gasteiger partial charge in [-0.15, -0.1) is 0 Å². The molecule has 3 aromatic carbocycles. The Balaban J connectivity index is 1.09. The van der Waals surface area contributed by atoms with Crippen LogP contribution >= 0.6 is 0 Å². The molecule has 0 radical (unpaired) electrons. The van der Waals surface area contributed by atoms with Crippen LogP contribution in [0.25, 0.3) is 0 Å². The summed E-state index contributed by atoms with van der Waals surface area (Å²) < 4.78 is 32.9. The van der Waals surface area contributed by atoms with Gasteiger partial charge in [0.2, 0.25) is 12.1 Å². The predicted octanol–water partition coefficient (Wildman–Crippen LogP) is -0.852. The van der Waals surface area contributed by atoms with Crippen LogP contribution in [0.15, 0.2) is 36.4 Å². The van der Waals surface area contributed by atoms with Crippen molar-refractivity contribution in [1.29, 1.82) is 0 Å². The maximum Gasteiger partial charge on any atom is 0.407 e. The zero-order chi connectivity index (χ0) is 47.4. The Hall–Kier alpha value is -6.35. The molecule has 2 saturated heterocycles. The van der Waals surface area contributed by atoms with Crippen molar-refractivity contribution >= 4 is 35.1 Å². The number of aliphatic hydroxyl groups is 6. The molecule has 11 atom stereocenters. The number of rotatable bonds is 12. The first-order valence-corrected chi connectivity index (χ1v) is 19.7. The number of aliphatic carboxylic acids is 1. The number of hydrogen-bond donors (Lipinski definition) is 10. The number of carbonyl (C=O) groups excluding carboxylic acids is 4. The number of nitrogens with one attached hydrogen (secondary N) is 1. The summed E-state index contributed by atoms with van der Waals surface area (Å²) in [6, 6.07) is 6.08. The molecule has 0 saturated carbocycles. The van der Waals surface area contributed by atoms with Gasteiger partial charge in [-0.3, -0.25) is 24.5 Å². The molecular formula is C41H42N2O22. The van der Waals surface area contributed by atoms with E-state index < -0.39 is 161 Å². The van der Waals surface area contributed by atoms with E-state index >= 15 is 0 Å². The number of phenols is 2. The highest BCUT2D eigenvalue weighted by Gasteiger charge is 2.51. The van der Waals surface area contributed by atoms with E-state index in [4.69, 9.17) is 28.4 Å². The van der Waals surface area contributed by atoms with Gasteiger partial charge in [-0.05, 0) is 24.6 Å². The van der Waals surface area contributed by atoms with E-state index in [1.54, 1.807) is 0 Å². The fraction of sp³-hybridized carbons (Fsp3) is 0.439. The Morgan fingerprint density at radius 1 is 0.938 bits per heavy atom. The second-order valence-electron chi connectivity index (χ2n) is 15.7. The van der Waals surface area contributed by atoms with Crippen LogP contribution in [0.5, 0.6) is 23.0 Å². The Morgan fingerprint density at radius 3 is 2.31 bits per heavy atom. The number of fused-ring (bicyclic) bond motifs is 3. The first-order valence-electron chi connectivity index (χ1n) is 19.7. The van der Waals surface area contributed by atoms with Gasteiger partial charge in [0.1, 0.15) is 60.5 Å². The number of ketones is 3. The van der Waals surface area contributed by atoms with Crippen LogP contribution < -0.4 is 14.8 Å². The third-order valence-electron chi connectivity index (χ3n) is 11.7. The maximum atomic E-state index is 14.0. The minimum atomic E-state index is -2.45. The number of nitro groups is 1. The molecule has 2 aliphatic heterocycles. The molecule has 348 valence electrons. The number of nitro benzene ring substituents is 1. The largest absolute Gasteiger partial charge is 0.507 e. The molecule has 24 nitrogen and oxygen atoms in total. The van der Waals surface area contributed by atoms with Gasteiger partial charge in [0.15, 0.2) is 29.7 Å². The number of carboxylic acids is 1. The molecule has 2 aliphatic carbocycles. The molecular weight excluding hydrogens is 872 g/mol. The van der Waals surface area contributed by atoms with Crippen molar-refractivity contribution in [1.82, 2.24) is 5.32 Å². The summed E-state index contributed by atoms with van der Waals surface area (Å²) in [6.07, 6.45) is -18.6. The lowest BCUT2D eigenvalue weighted by molar-refractivity contribution is -0.387. The lowest BCUT2D eigenvalue weighted by Gasteiger charge is -2.42. The highest BCUT2D eigenvalue weighted by Crippen LogP contribution is 2.52. The number of alkyl carbamates (subject to hydrolysis) is 1. The molecule has 2 heterocycles. The zero-order valence-electron chi connectivity index (χ0n) is 34.1. The van der Waals surface area contributed by atoms with Crippen molar-refractivity contribution in [2.75, 3.05) is 13.7 Å². The topological polar surface area (TPSA) is 378 Å². The van der Waals surface area contributed by atoms with Crippen molar-refractivity contribution in [2.24, 2.45) is 0 Å². The summed E-state index contributed by atoms with van der Waals surface area (Å²) in [4.78, 5) is 76.3. The maximum absolute atomic E-state index is 14.0. The number of carbonyl (C=O) groups is 5. The number of methoxy groups -OCH3 is 1. The highest BCUT2D eigenvalue weighted by molar-refractivity contribution is 6.31. The Bertz CT molecular complexity index is 2460. The number of ether oxygens (including phenoxy) is 6. The average Bonchev–Trinajstić information content (AvgIpc) is 3.27. The number of Topliss-reactive ketones (excluding diaryl/α,β-unsaturated/α-hetero) is 1. The number of hydrogen-bond acceptors (Lipinski definition) is 21. The Kier molecular flexibility index (Phi) is 12.8. The van der Waals surface area contributed by atoms with E-state index in [1.807, 2.05) is 0 Å². The third-order valence-corrected chi connectivity index (χ3v) is 11.7. The molecule has 24 heteroatoms. The first-order chi connectivity index (χ1) is 30.7. The average molecular weight is 915 g/mol. The quantitative estimate of drug-likeness (QED) is 0.0470. The fourth-order valence-electron chi connectivity index (χ4n) is 8.37. The van der Waals surface area contributed by atoms with Crippen LogP contribution in [0, 0.1) is 10.1 Å². The highest BCUT2D eigenvalue weighted by atomic mass is 16.7. The van der Waals surface area contributed by atoms with E-state index in [1.165, 1.54) is 38.3 Å². The smallest absolute Gasteiger partial charge is 0.407 e. The number of amides is 1. The third kappa shape index (κ3) is 8.42. The molecule has 2 fully saturated rings. The Labute approximate surface area is 365 Å². The number of nitrogens with zero attached hydrogens (tertiary/aromatic N) is 1. The van der Waals surface area contributed by atoms with Gasteiger partial charge in [-0.1, -0.05) is 18.2 Å². The summed E-state index contributed by atoms with van der Waals surface area (Å²) in [6.45, 7) is -0.369. The molecule has 0 spiro atoms. The number of benzene rings is 3. The molecule has 1 amide bonds. The van der Waals surface area contributed by atoms with Crippen molar-refractivity contribution in [3.05, 3.63) is 85.5 Å². The van der Waals surface area contributed by atoms with Crippen LogP contribution in [-0.2, 0) is 41.6 Å². The second kappa shape index (κ2) is 17.9. The van der Waals surface area contributed by atoms with Crippen molar-refractivity contribution in [3.63, 3.8) is 0 Å². The van der Waals surface area contributed by atoms with Gasteiger partial charge in [-0.2, -0.15) is 0 Å². The molecule has 65 heavy (non-hydrogen) atoms. The SMILES string of the molecule is COc1cccc2c1C(=O)c1c(O)c3c(c(O)c1C2=O)C[C@@](O)(C(=O)CO)C[C@@H]3O[C@H]1C[C@@H](NC(=O)OCc2ccc(O[C@@H]3O[C@@H](C(=O)O)[C@@H](O)[C@H](O)[C@@H]3O)c([N+](=O)[O-])c2)[C@H](O)[C@H](C)O1. The summed E-state index contributed by atoms with van der Waals surface area (Å²) in [5.41, 5.74) is -5.40. The standard InChI is InChI=1S/C41H42N2O22/c1-14-29(46)18(42-40(56)61-13-15-6-7-20(19(8-15)43(58)59)64-39-36(53)34(51)35(52)37(65-39)38(54)55)9-24(62-14)63-22-11-41(57,23(45)12-44)10-17-26(22)33(50)28-27(31(17)48)30(47)16-4-3-5-21(60-2)25(16)32(28)49/h3-8,14,18,22,24,29,34-37,39,44,46,48,50-53,57H,9-13H2,1-2H3,(H,42,56)(H,54,55)/t14-,18+,22-,24-,29+,34-,35-,36-,37+,39+,41-/m0/s1. The number of phenolic OH excluding ortho intramolecular Hbond substituents is 2. The van der Waals surface area contributed by atoms with E-state index in [-0.39, 0.29) is 40.0 Å². The lowest BCUT2D eigenvalue weighted by atomic mass is 9.72. The van der Waals surface area contributed by atoms with Crippen LogP contribution in [0.3, 0.4) is 0 Å². The molecule has 0 bridgehead atoms. The van der Waals surface area contributed by atoms with Crippen LogP contribution in [-0.4, -0.2) is 155 Å². The second-order valence-corrected chi connectivity index (χ2v) is 15.7. The number of aliphatic hydroxyl groups excluding tert-OH is 5. The number of aromatic hydroxyl groups is 2. The van der Waals surface area contributed by atoms with E-state index in [9.17, 15) is 80.0 Å². The van der Waals surface area contributed by atoms with Gasteiger partial charge >= 0.3 is 17.7 Å². The molecule has 0 unspecified atom stereocenters. The van der Waals surface area contributed by atoms with Crippen molar-refractivity contribution < 1.29 is 103 Å². The van der Waals surface area contributed by atoms with E-state index in [2.05, 4.69) is 5.32 Å². The zero-order valence-corrected chi connectivity index (χ0v) is 34.1. The van der Waals surface area contributed by atoms with Gasteiger partial charge in [0, 0.05) is 42.0 Å². The molecule has 4 aliphatic rings. The predicted molar refractivity (Wildman–Crippen MR) is 209 cm³/mol. The lowest BCUT2D eigenvalue weighted by Crippen LogP contribution is -2.61. The van der Waals surface area contributed by atoms with Gasteiger partial charge < -0.3 is 79.7 Å². The minimum Gasteiger partial charge on any atom is -0.507 e. The summed E-state index contributed by atoms with van der Waals surface area (Å²) in [5, 5.41) is 110. The van der Waals surface area contributed by atoms with Crippen LogP contribution in [0.4, 0.5) is 10.5 Å². The van der Waals surface area contributed by atoms with E-state index in [0.717, 1.165) is 12.1 Å². The van der Waals surface area contributed by atoms with E-state index in [0.29, 0.717) is 0 Å². The number of carboxylic acid groups (broad SMARTS) is 1. The van der Waals surface area contributed by atoms with Crippen molar-refractivity contribution in [2.45, 2.75) is 99.7 Å². The molecule has 7 rings (SSSR count). The summed E-state index contributed by atoms with van der Waals surface area (Å²) >= 11 is 0. The molecule has 0 aromatic heterocycles. The molecule has 10 N–H and O–H groups in total. The van der Waals surface area contributed by atoms with Crippen LogP contribution in [0.2, 0.25) is 0 Å². The molecule has 3 aromatic rings. The monoisotopic (exact) mass is 914 g/mol. The summed E-state index contributed by atoms with van der Waals surface area (Å²) in [7, 11) is 1.26. The van der Waals surface area contributed by atoms with Crippen LogP contribution in [0.1, 0.15) is 74.4 Å². The minimum absolute atomic E-state index is 0.00142.